The quantitative estimate of drug-likeness (QED) is 0.910. The Hall–Kier alpha value is -2.15. The average molecular weight is 285 g/mol. The van der Waals surface area contributed by atoms with E-state index in [2.05, 4.69) is 4.72 Å². The highest BCUT2D eigenvalue weighted by atomic mass is 32.2. The Kier molecular flexibility index (Phi) is 3.39. The highest BCUT2D eigenvalue weighted by Gasteiger charge is 2.16. The number of sulfonamides is 1. The van der Waals surface area contributed by atoms with Crippen LogP contribution in [0, 0.1) is 11.6 Å². The van der Waals surface area contributed by atoms with Crippen molar-refractivity contribution < 1.29 is 22.3 Å². The van der Waals surface area contributed by atoms with Gasteiger partial charge in [-0.15, -0.1) is 0 Å². The molecule has 2 aromatic carbocycles. The van der Waals surface area contributed by atoms with Crippen LogP contribution in [0.25, 0.3) is 0 Å². The summed E-state index contributed by atoms with van der Waals surface area (Å²) >= 11 is 0. The van der Waals surface area contributed by atoms with Crippen LogP contribution in [0.3, 0.4) is 0 Å². The molecule has 100 valence electrons. The molecule has 7 heteroatoms. The molecule has 0 aliphatic carbocycles. The number of benzene rings is 2. The Balaban J connectivity index is 2.35. The third kappa shape index (κ3) is 3.00. The molecule has 2 N–H and O–H groups in total. The van der Waals surface area contributed by atoms with Crippen LogP contribution in [-0.2, 0) is 10.0 Å². The van der Waals surface area contributed by atoms with Crippen molar-refractivity contribution in [2.24, 2.45) is 0 Å². The summed E-state index contributed by atoms with van der Waals surface area (Å²) in [5.74, 6) is -2.50. The summed E-state index contributed by atoms with van der Waals surface area (Å²) in [6.07, 6.45) is 0. The summed E-state index contributed by atoms with van der Waals surface area (Å²) in [7, 11) is -4.04. The van der Waals surface area contributed by atoms with Crippen molar-refractivity contribution in [2.75, 3.05) is 4.72 Å². The second-order valence-electron chi connectivity index (χ2n) is 3.73. The number of nitrogens with one attached hydrogen (secondary N) is 1. The van der Waals surface area contributed by atoms with E-state index < -0.39 is 26.6 Å². The van der Waals surface area contributed by atoms with E-state index in [0.717, 1.165) is 12.1 Å². The highest BCUT2D eigenvalue weighted by molar-refractivity contribution is 7.92. The fourth-order valence-corrected chi connectivity index (χ4v) is 2.49. The van der Waals surface area contributed by atoms with Crippen LogP contribution in [0.5, 0.6) is 5.75 Å². The second kappa shape index (κ2) is 4.85. The van der Waals surface area contributed by atoms with E-state index in [0.29, 0.717) is 6.07 Å². The van der Waals surface area contributed by atoms with E-state index in [1.165, 1.54) is 24.3 Å². The summed E-state index contributed by atoms with van der Waals surface area (Å²) in [6.45, 7) is 0. The third-order valence-corrected chi connectivity index (χ3v) is 3.68. The zero-order valence-electron chi connectivity index (χ0n) is 9.47. The van der Waals surface area contributed by atoms with Crippen molar-refractivity contribution in [3.05, 3.63) is 54.1 Å². The Morgan fingerprint density at radius 3 is 2.37 bits per heavy atom. The van der Waals surface area contributed by atoms with Crippen molar-refractivity contribution in [3.8, 4) is 5.75 Å². The first-order valence-corrected chi connectivity index (χ1v) is 6.64. The van der Waals surface area contributed by atoms with Crippen molar-refractivity contribution in [1.82, 2.24) is 0 Å². The zero-order chi connectivity index (χ0) is 14.0. The molecule has 0 atom stereocenters. The van der Waals surface area contributed by atoms with Gasteiger partial charge in [-0.2, -0.15) is 0 Å². The maximum Gasteiger partial charge on any atom is 0.262 e. The lowest BCUT2D eigenvalue weighted by atomic mass is 10.3. The van der Waals surface area contributed by atoms with Crippen LogP contribution < -0.4 is 4.72 Å². The summed E-state index contributed by atoms with van der Waals surface area (Å²) < 4.78 is 51.7. The van der Waals surface area contributed by atoms with Gasteiger partial charge in [0.25, 0.3) is 10.0 Å². The number of hydrogen-bond donors (Lipinski definition) is 2. The Morgan fingerprint density at radius 2 is 1.74 bits per heavy atom. The lowest BCUT2D eigenvalue weighted by molar-refractivity contribution is 0.475. The first kappa shape index (κ1) is 13.3. The highest BCUT2D eigenvalue weighted by Crippen LogP contribution is 2.20. The normalized spacial score (nSPS) is 11.3. The van der Waals surface area contributed by atoms with Gasteiger partial charge in [-0.05, 0) is 30.3 Å². The molecule has 0 saturated carbocycles. The van der Waals surface area contributed by atoms with Gasteiger partial charge in [0.1, 0.15) is 5.75 Å². The van der Waals surface area contributed by atoms with Crippen molar-refractivity contribution in [2.45, 2.75) is 4.90 Å². The summed E-state index contributed by atoms with van der Waals surface area (Å²) in [5, 5.41) is 9.22. The van der Waals surface area contributed by atoms with Gasteiger partial charge in [-0.25, -0.2) is 17.2 Å². The lowest BCUT2D eigenvalue weighted by Crippen LogP contribution is -2.13. The average Bonchev–Trinajstić information content (AvgIpc) is 2.32. The molecular weight excluding hydrogens is 276 g/mol. The van der Waals surface area contributed by atoms with E-state index >= 15 is 0 Å². The molecule has 0 spiro atoms. The van der Waals surface area contributed by atoms with Gasteiger partial charge in [0.2, 0.25) is 0 Å². The van der Waals surface area contributed by atoms with Gasteiger partial charge < -0.3 is 5.11 Å². The minimum absolute atomic E-state index is 0.115. The molecule has 2 rings (SSSR count). The van der Waals surface area contributed by atoms with Crippen molar-refractivity contribution in [1.29, 1.82) is 0 Å². The SMILES string of the molecule is O=S(=O)(Nc1cccc(O)c1)c1ccc(F)c(F)c1. The van der Waals surface area contributed by atoms with E-state index in [9.17, 15) is 22.3 Å². The number of phenolic OH excluding ortho intramolecular Hbond substituents is 1. The number of rotatable bonds is 3. The molecule has 0 amide bonds. The Labute approximate surface area is 108 Å². The smallest absolute Gasteiger partial charge is 0.262 e. The predicted octanol–water partition coefficient (Wildman–Crippen LogP) is 2.47. The molecule has 0 bridgehead atoms. The maximum atomic E-state index is 13.0. The van der Waals surface area contributed by atoms with Crippen LogP contribution >= 0.6 is 0 Å². The Bertz CT molecular complexity index is 717. The Morgan fingerprint density at radius 1 is 1.00 bits per heavy atom. The van der Waals surface area contributed by atoms with E-state index in [4.69, 9.17) is 0 Å². The van der Waals surface area contributed by atoms with E-state index in [1.807, 2.05) is 0 Å². The van der Waals surface area contributed by atoms with Crippen molar-refractivity contribution in [3.63, 3.8) is 0 Å². The minimum Gasteiger partial charge on any atom is -0.508 e. The van der Waals surface area contributed by atoms with Crippen LogP contribution in [0.1, 0.15) is 0 Å². The van der Waals surface area contributed by atoms with Gasteiger partial charge in [0, 0.05) is 6.07 Å². The first-order valence-electron chi connectivity index (χ1n) is 5.15. The van der Waals surface area contributed by atoms with Crippen LogP contribution in [-0.4, -0.2) is 13.5 Å². The van der Waals surface area contributed by atoms with Gasteiger partial charge in [-0.3, -0.25) is 4.72 Å². The fourth-order valence-electron chi connectivity index (χ4n) is 1.43. The predicted molar refractivity (Wildman–Crippen MR) is 65.3 cm³/mol. The summed E-state index contributed by atoms with van der Waals surface area (Å²) in [4.78, 5) is -0.408. The monoisotopic (exact) mass is 285 g/mol. The molecule has 2 aromatic rings. The van der Waals surface area contributed by atoms with Gasteiger partial charge in [-0.1, -0.05) is 6.07 Å². The van der Waals surface area contributed by atoms with Gasteiger partial charge in [0.05, 0.1) is 10.6 Å². The number of hydrogen-bond acceptors (Lipinski definition) is 3. The summed E-state index contributed by atoms with van der Waals surface area (Å²) in [5.41, 5.74) is 0.115. The molecule has 19 heavy (non-hydrogen) atoms. The minimum atomic E-state index is -4.04. The maximum absolute atomic E-state index is 13.0. The molecule has 0 aliphatic heterocycles. The lowest BCUT2D eigenvalue weighted by Gasteiger charge is -2.08. The van der Waals surface area contributed by atoms with Crippen LogP contribution in [0.15, 0.2) is 47.4 Å². The third-order valence-electron chi connectivity index (χ3n) is 2.30. The fraction of sp³-hybridized carbons (Fsp3) is 0. The van der Waals surface area contributed by atoms with Gasteiger partial charge >= 0.3 is 0 Å². The van der Waals surface area contributed by atoms with Gasteiger partial charge in [0.15, 0.2) is 11.6 Å². The molecule has 0 fully saturated rings. The van der Waals surface area contributed by atoms with E-state index in [1.54, 1.807) is 0 Å². The number of phenols is 1. The molecular formula is C12H9F2NO3S. The number of aromatic hydroxyl groups is 1. The molecule has 4 nitrogen and oxygen atoms in total. The molecule has 0 heterocycles. The standard InChI is InChI=1S/C12H9F2NO3S/c13-11-5-4-10(7-12(11)14)19(17,18)15-8-2-1-3-9(16)6-8/h1-7,15-16H. The first-order chi connectivity index (χ1) is 8.88. The number of anilines is 1. The topological polar surface area (TPSA) is 66.4 Å². The second-order valence-corrected chi connectivity index (χ2v) is 5.41. The zero-order valence-corrected chi connectivity index (χ0v) is 10.3. The van der Waals surface area contributed by atoms with Crippen molar-refractivity contribution >= 4 is 15.7 Å². The largest absolute Gasteiger partial charge is 0.508 e. The van der Waals surface area contributed by atoms with Crippen LogP contribution in [0.2, 0.25) is 0 Å². The number of halogens is 2. The van der Waals surface area contributed by atoms with E-state index in [-0.39, 0.29) is 11.4 Å². The molecule has 0 unspecified atom stereocenters. The molecule has 0 aromatic heterocycles. The van der Waals surface area contributed by atoms with Crippen LogP contribution in [0.4, 0.5) is 14.5 Å². The summed E-state index contributed by atoms with van der Waals surface area (Å²) in [6, 6.07) is 7.68. The molecule has 0 saturated heterocycles. The molecule has 0 radical (unpaired) electrons. The molecule has 0 aliphatic rings.